The van der Waals surface area contributed by atoms with Gasteiger partial charge in [-0.1, -0.05) is 13.0 Å². The molecule has 0 spiro atoms. The number of nitrogens with zero attached hydrogens (tertiary/aromatic N) is 1. The first-order chi connectivity index (χ1) is 9.63. The van der Waals surface area contributed by atoms with Crippen LogP contribution in [0, 0.1) is 5.92 Å². The zero-order valence-electron chi connectivity index (χ0n) is 11.7. The Kier molecular flexibility index (Phi) is 5.14. The second-order valence-corrected chi connectivity index (χ2v) is 6.17. The molecule has 0 bridgehead atoms. The van der Waals surface area contributed by atoms with Crippen LogP contribution in [0.4, 0.5) is 0 Å². The van der Waals surface area contributed by atoms with E-state index in [2.05, 4.69) is 5.32 Å². The van der Waals surface area contributed by atoms with Gasteiger partial charge in [-0.15, -0.1) is 11.3 Å². The van der Waals surface area contributed by atoms with Crippen molar-refractivity contribution in [3.63, 3.8) is 0 Å². The topological polar surface area (TPSA) is 75.4 Å². The average Bonchev–Trinajstić information content (AvgIpc) is 3.13. The number of amides is 2. The summed E-state index contributed by atoms with van der Waals surface area (Å²) in [5.74, 6) is 0.152. The minimum absolute atomic E-state index is 0.0375. The summed E-state index contributed by atoms with van der Waals surface area (Å²) in [4.78, 5) is 26.9. The van der Waals surface area contributed by atoms with E-state index in [0.717, 1.165) is 12.8 Å². The molecule has 1 aliphatic heterocycles. The van der Waals surface area contributed by atoms with Gasteiger partial charge in [0.25, 0.3) is 5.91 Å². The minimum Gasteiger partial charge on any atom is -0.354 e. The Bertz CT molecular complexity index is 461. The van der Waals surface area contributed by atoms with E-state index >= 15 is 0 Å². The smallest absolute Gasteiger partial charge is 0.264 e. The summed E-state index contributed by atoms with van der Waals surface area (Å²) in [6.07, 6.45) is 1.61. The molecule has 2 atom stereocenters. The van der Waals surface area contributed by atoms with E-state index < -0.39 is 0 Å². The number of carbonyl (C=O) groups is 2. The van der Waals surface area contributed by atoms with Gasteiger partial charge in [-0.2, -0.15) is 0 Å². The molecule has 6 heteroatoms. The number of nitrogens with one attached hydrogen (secondary N) is 1. The monoisotopic (exact) mass is 295 g/mol. The van der Waals surface area contributed by atoms with Gasteiger partial charge in [-0.25, -0.2) is 0 Å². The largest absolute Gasteiger partial charge is 0.354 e. The number of likely N-dealkylation sites (tertiary alicyclic amines) is 1. The first kappa shape index (κ1) is 15.0. The Balaban J connectivity index is 1.96. The molecule has 0 aliphatic carbocycles. The predicted octanol–water partition coefficient (Wildman–Crippen LogP) is 1.06. The molecular weight excluding hydrogens is 274 g/mol. The molecular formula is C14H21N3O2S. The predicted molar refractivity (Wildman–Crippen MR) is 79.6 cm³/mol. The van der Waals surface area contributed by atoms with Gasteiger partial charge in [0.15, 0.2) is 0 Å². The van der Waals surface area contributed by atoms with Crippen molar-refractivity contribution in [2.75, 3.05) is 19.6 Å². The molecule has 1 aliphatic rings. The van der Waals surface area contributed by atoms with Crippen LogP contribution in [-0.2, 0) is 4.79 Å². The SMILES string of the molecule is CC(CN)CNC(=O)C1CCCN1C(=O)c1cccs1. The molecule has 2 amide bonds. The van der Waals surface area contributed by atoms with Crippen LogP contribution < -0.4 is 11.1 Å². The molecule has 2 rings (SSSR count). The number of thiophene rings is 1. The molecule has 1 fully saturated rings. The molecule has 2 heterocycles. The summed E-state index contributed by atoms with van der Waals surface area (Å²) in [6.45, 7) is 3.75. The number of nitrogens with two attached hydrogens (primary N) is 1. The van der Waals surface area contributed by atoms with Crippen LogP contribution >= 0.6 is 11.3 Å². The number of carbonyl (C=O) groups excluding carboxylic acids is 2. The zero-order valence-corrected chi connectivity index (χ0v) is 12.5. The van der Waals surface area contributed by atoms with Gasteiger partial charge in [-0.3, -0.25) is 9.59 Å². The first-order valence-electron chi connectivity index (χ1n) is 6.95. The fraction of sp³-hybridized carbons (Fsp3) is 0.571. The summed E-state index contributed by atoms with van der Waals surface area (Å²) in [7, 11) is 0. The lowest BCUT2D eigenvalue weighted by Crippen LogP contribution is -2.47. The lowest BCUT2D eigenvalue weighted by atomic mass is 10.1. The first-order valence-corrected chi connectivity index (χ1v) is 7.83. The zero-order chi connectivity index (χ0) is 14.5. The molecule has 5 nitrogen and oxygen atoms in total. The Morgan fingerprint density at radius 3 is 3.05 bits per heavy atom. The highest BCUT2D eigenvalue weighted by Crippen LogP contribution is 2.22. The molecule has 1 aromatic rings. The third kappa shape index (κ3) is 3.37. The molecule has 2 unspecified atom stereocenters. The Labute approximate surface area is 123 Å². The van der Waals surface area contributed by atoms with Crippen LogP contribution in [0.2, 0.25) is 0 Å². The molecule has 0 aromatic carbocycles. The van der Waals surface area contributed by atoms with Crippen LogP contribution in [-0.4, -0.2) is 42.4 Å². The molecule has 0 radical (unpaired) electrons. The van der Waals surface area contributed by atoms with Crippen molar-refractivity contribution in [2.45, 2.75) is 25.8 Å². The van der Waals surface area contributed by atoms with Crippen molar-refractivity contribution >= 4 is 23.2 Å². The second-order valence-electron chi connectivity index (χ2n) is 5.22. The van der Waals surface area contributed by atoms with Crippen LogP contribution in [0.3, 0.4) is 0 Å². The molecule has 110 valence electrons. The molecule has 20 heavy (non-hydrogen) atoms. The maximum atomic E-state index is 12.4. The lowest BCUT2D eigenvalue weighted by molar-refractivity contribution is -0.125. The van der Waals surface area contributed by atoms with Gasteiger partial charge < -0.3 is 16.0 Å². The minimum atomic E-state index is -0.338. The van der Waals surface area contributed by atoms with Gasteiger partial charge in [0.05, 0.1) is 4.88 Å². The van der Waals surface area contributed by atoms with Gasteiger partial charge >= 0.3 is 0 Å². The standard InChI is InChI=1S/C14H21N3O2S/c1-10(8-15)9-16-13(18)11-4-2-6-17(11)14(19)12-5-3-7-20-12/h3,5,7,10-11H,2,4,6,8-9,15H2,1H3,(H,16,18). The van der Waals surface area contributed by atoms with Crippen molar-refractivity contribution < 1.29 is 9.59 Å². The van der Waals surface area contributed by atoms with Crippen LogP contribution in [0.25, 0.3) is 0 Å². The van der Waals surface area contributed by atoms with Gasteiger partial charge in [0.1, 0.15) is 6.04 Å². The normalized spacial score (nSPS) is 19.9. The number of rotatable bonds is 5. The lowest BCUT2D eigenvalue weighted by Gasteiger charge is -2.24. The van der Waals surface area contributed by atoms with Crippen molar-refractivity contribution in [1.82, 2.24) is 10.2 Å². The molecule has 3 N–H and O–H groups in total. The van der Waals surface area contributed by atoms with Crippen molar-refractivity contribution in [2.24, 2.45) is 11.7 Å². The highest BCUT2D eigenvalue weighted by atomic mass is 32.1. The fourth-order valence-electron chi connectivity index (χ4n) is 2.30. The summed E-state index contributed by atoms with van der Waals surface area (Å²) in [5.41, 5.74) is 5.54. The Hall–Kier alpha value is -1.40. The van der Waals surface area contributed by atoms with E-state index in [0.29, 0.717) is 24.5 Å². The fourth-order valence-corrected chi connectivity index (χ4v) is 2.98. The molecule has 1 aromatic heterocycles. The second kappa shape index (κ2) is 6.85. The Morgan fingerprint density at radius 1 is 1.60 bits per heavy atom. The summed E-state index contributed by atoms with van der Waals surface area (Å²) < 4.78 is 0. The third-order valence-corrected chi connectivity index (χ3v) is 4.43. The quantitative estimate of drug-likeness (QED) is 0.853. The van der Waals surface area contributed by atoms with Crippen molar-refractivity contribution in [1.29, 1.82) is 0 Å². The maximum absolute atomic E-state index is 12.4. The molecule has 0 saturated carbocycles. The average molecular weight is 295 g/mol. The highest BCUT2D eigenvalue weighted by molar-refractivity contribution is 7.12. The maximum Gasteiger partial charge on any atom is 0.264 e. The van der Waals surface area contributed by atoms with Gasteiger partial charge in [-0.05, 0) is 36.8 Å². The van der Waals surface area contributed by atoms with E-state index in [-0.39, 0.29) is 23.8 Å². The summed E-state index contributed by atoms with van der Waals surface area (Å²) in [6, 6.07) is 3.32. The van der Waals surface area contributed by atoms with Gasteiger partial charge in [0.2, 0.25) is 5.91 Å². The van der Waals surface area contributed by atoms with E-state index in [9.17, 15) is 9.59 Å². The van der Waals surface area contributed by atoms with E-state index in [1.165, 1.54) is 11.3 Å². The number of hydrogen-bond donors (Lipinski definition) is 2. The van der Waals surface area contributed by atoms with Crippen LogP contribution in [0.1, 0.15) is 29.4 Å². The van der Waals surface area contributed by atoms with Gasteiger partial charge in [0, 0.05) is 13.1 Å². The van der Waals surface area contributed by atoms with Crippen LogP contribution in [0.15, 0.2) is 17.5 Å². The third-order valence-electron chi connectivity index (χ3n) is 3.58. The summed E-state index contributed by atoms with van der Waals surface area (Å²) in [5, 5.41) is 4.77. The summed E-state index contributed by atoms with van der Waals surface area (Å²) >= 11 is 1.41. The highest BCUT2D eigenvalue weighted by Gasteiger charge is 2.34. The van der Waals surface area contributed by atoms with Crippen molar-refractivity contribution in [3.05, 3.63) is 22.4 Å². The number of hydrogen-bond acceptors (Lipinski definition) is 4. The molecule has 1 saturated heterocycles. The van der Waals surface area contributed by atoms with E-state index in [4.69, 9.17) is 5.73 Å². The Morgan fingerprint density at radius 2 is 2.40 bits per heavy atom. The van der Waals surface area contributed by atoms with E-state index in [1.54, 1.807) is 11.0 Å². The van der Waals surface area contributed by atoms with E-state index in [1.807, 2.05) is 18.4 Å². The van der Waals surface area contributed by atoms with Crippen LogP contribution in [0.5, 0.6) is 0 Å². The van der Waals surface area contributed by atoms with Crippen molar-refractivity contribution in [3.8, 4) is 0 Å².